The predicted octanol–water partition coefficient (Wildman–Crippen LogP) is 0.152. The molecule has 58 valence electrons. The molecule has 0 unspecified atom stereocenters. The molecule has 0 heterocycles. The smallest absolute Gasteiger partial charge is 0.307 e. The summed E-state index contributed by atoms with van der Waals surface area (Å²) in [6.07, 6.45) is 0.866. The van der Waals surface area contributed by atoms with E-state index in [0.717, 1.165) is 6.42 Å². The number of carbonyl (C=O) groups is 2. The third-order valence-electron chi connectivity index (χ3n) is 3.58. The number of rotatable bonds is 1. The van der Waals surface area contributed by atoms with Gasteiger partial charge in [-0.25, -0.2) is 0 Å². The highest BCUT2D eigenvalue weighted by molar-refractivity contribution is 5.98. The average molecular weight is 152 g/mol. The van der Waals surface area contributed by atoms with Crippen molar-refractivity contribution in [3.8, 4) is 0 Å². The van der Waals surface area contributed by atoms with Gasteiger partial charge in [0.25, 0.3) is 0 Å². The number of ketones is 1. The zero-order valence-electron chi connectivity index (χ0n) is 5.86. The van der Waals surface area contributed by atoms with Gasteiger partial charge in [-0.15, -0.1) is 0 Å². The highest BCUT2D eigenvalue weighted by atomic mass is 16.4. The van der Waals surface area contributed by atoms with Gasteiger partial charge < -0.3 is 5.11 Å². The molecule has 11 heavy (non-hydrogen) atoms. The van der Waals surface area contributed by atoms with Crippen LogP contribution >= 0.6 is 0 Å². The van der Waals surface area contributed by atoms with E-state index in [4.69, 9.17) is 5.11 Å². The van der Waals surface area contributed by atoms with E-state index in [0.29, 0.717) is 5.92 Å². The summed E-state index contributed by atoms with van der Waals surface area (Å²) in [6, 6.07) is 0. The summed E-state index contributed by atoms with van der Waals surface area (Å²) in [5.74, 6) is -0.0482. The van der Waals surface area contributed by atoms with Crippen LogP contribution in [-0.2, 0) is 9.59 Å². The Bertz CT molecular complexity index is 271. The largest absolute Gasteiger partial charge is 0.481 e. The van der Waals surface area contributed by atoms with Crippen LogP contribution in [0.3, 0.4) is 0 Å². The van der Waals surface area contributed by atoms with Crippen molar-refractivity contribution in [1.29, 1.82) is 0 Å². The molecule has 0 aromatic heterocycles. The lowest BCUT2D eigenvalue weighted by Gasteiger charge is -2.05. The third-order valence-corrected chi connectivity index (χ3v) is 3.58. The van der Waals surface area contributed by atoms with E-state index in [1.165, 1.54) is 0 Å². The normalized spacial score (nSPS) is 56.7. The summed E-state index contributed by atoms with van der Waals surface area (Å²) < 4.78 is 0. The van der Waals surface area contributed by atoms with E-state index < -0.39 is 5.97 Å². The maximum atomic E-state index is 11.2. The fourth-order valence-corrected chi connectivity index (χ4v) is 3.18. The topological polar surface area (TPSA) is 54.4 Å². The summed E-state index contributed by atoms with van der Waals surface area (Å²) in [4.78, 5) is 21.9. The molecule has 4 aliphatic rings. The number of carbonyl (C=O) groups excluding carboxylic acids is 1. The van der Waals surface area contributed by atoms with Crippen molar-refractivity contribution in [3.63, 3.8) is 0 Å². The average Bonchev–Trinajstić information content (AvgIpc) is 2.33. The molecular weight excluding hydrogens is 144 g/mol. The van der Waals surface area contributed by atoms with Gasteiger partial charge in [0.15, 0.2) is 0 Å². The zero-order valence-corrected chi connectivity index (χ0v) is 5.86. The van der Waals surface area contributed by atoms with E-state index in [9.17, 15) is 9.59 Å². The second-order valence-electron chi connectivity index (χ2n) is 3.88. The molecule has 4 aliphatic carbocycles. The second-order valence-corrected chi connectivity index (χ2v) is 3.88. The van der Waals surface area contributed by atoms with Gasteiger partial charge in [-0.2, -0.15) is 0 Å². The zero-order chi connectivity index (χ0) is 7.75. The van der Waals surface area contributed by atoms with Crippen LogP contribution in [-0.4, -0.2) is 16.9 Å². The minimum absolute atomic E-state index is 0.104. The quantitative estimate of drug-likeness (QED) is 0.582. The maximum Gasteiger partial charge on any atom is 0.307 e. The molecule has 5 atom stereocenters. The van der Waals surface area contributed by atoms with Crippen molar-refractivity contribution < 1.29 is 14.7 Å². The Kier molecular flexibility index (Phi) is 0.708. The molecule has 0 aromatic carbocycles. The van der Waals surface area contributed by atoms with Gasteiger partial charge in [0.05, 0.1) is 5.92 Å². The summed E-state index contributed by atoms with van der Waals surface area (Å²) in [6.45, 7) is 0. The molecular formula is C8H8O3. The molecule has 3 nitrogen and oxygen atoms in total. The molecule has 0 spiro atoms. The molecule has 0 aliphatic heterocycles. The van der Waals surface area contributed by atoms with Gasteiger partial charge in [0.2, 0.25) is 0 Å². The van der Waals surface area contributed by atoms with Gasteiger partial charge in [-0.1, -0.05) is 0 Å². The monoisotopic (exact) mass is 152 g/mol. The Morgan fingerprint density at radius 2 is 2.27 bits per heavy atom. The highest BCUT2D eigenvalue weighted by Crippen LogP contribution is 2.71. The van der Waals surface area contributed by atoms with E-state index in [2.05, 4.69) is 0 Å². The van der Waals surface area contributed by atoms with Crippen LogP contribution in [0.2, 0.25) is 0 Å². The Morgan fingerprint density at radius 3 is 2.45 bits per heavy atom. The lowest BCUT2D eigenvalue weighted by atomic mass is 9.98. The fraction of sp³-hybridized carbons (Fsp3) is 0.750. The Hall–Kier alpha value is -0.860. The van der Waals surface area contributed by atoms with Crippen molar-refractivity contribution >= 4 is 11.8 Å². The molecule has 4 rings (SSSR count). The van der Waals surface area contributed by atoms with Gasteiger partial charge >= 0.3 is 5.97 Å². The van der Waals surface area contributed by atoms with Crippen LogP contribution < -0.4 is 0 Å². The highest BCUT2D eigenvalue weighted by Gasteiger charge is 2.75. The van der Waals surface area contributed by atoms with Gasteiger partial charge in [0.1, 0.15) is 5.78 Å². The molecule has 4 bridgehead atoms. The molecule has 4 saturated carbocycles. The van der Waals surface area contributed by atoms with Crippen molar-refractivity contribution in [2.24, 2.45) is 29.6 Å². The lowest BCUT2D eigenvalue weighted by molar-refractivity contribution is -0.144. The van der Waals surface area contributed by atoms with Crippen molar-refractivity contribution in [3.05, 3.63) is 0 Å². The minimum atomic E-state index is -0.754. The molecule has 1 N–H and O–H groups in total. The van der Waals surface area contributed by atoms with Crippen LogP contribution in [0, 0.1) is 29.6 Å². The van der Waals surface area contributed by atoms with Gasteiger partial charge in [-0.05, 0) is 18.3 Å². The number of hydrogen-bond donors (Lipinski definition) is 1. The number of carboxylic acid groups (broad SMARTS) is 1. The number of Topliss-reactive ketones (excluding diaryl/α,β-unsaturated/α-hetero) is 1. The number of carboxylic acids is 1. The first-order valence-corrected chi connectivity index (χ1v) is 3.98. The van der Waals surface area contributed by atoms with Crippen LogP contribution in [0.4, 0.5) is 0 Å². The van der Waals surface area contributed by atoms with Crippen molar-refractivity contribution in [2.45, 2.75) is 6.42 Å². The van der Waals surface area contributed by atoms with Gasteiger partial charge in [0, 0.05) is 11.8 Å². The molecule has 0 amide bonds. The second kappa shape index (κ2) is 1.36. The maximum absolute atomic E-state index is 11.2. The van der Waals surface area contributed by atoms with Crippen molar-refractivity contribution in [2.75, 3.05) is 0 Å². The van der Waals surface area contributed by atoms with Crippen LogP contribution in [0.1, 0.15) is 6.42 Å². The van der Waals surface area contributed by atoms with E-state index in [1.54, 1.807) is 0 Å². The molecule has 0 aromatic rings. The van der Waals surface area contributed by atoms with E-state index in [1.807, 2.05) is 0 Å². The lowest BCUT2D eigenvalue weighted by Crippen LogP contribution is -2.19. The standard InChI is InChI=1S/C8H8O3/c9-7-3-1-2-4(5(2)7)6(3)8(10)11/h2-6H,1H2,(H,10,11)/t2-,3-,4-,5+,6-/m0/s1. The van der Waals surface area contributed by atoms with Crippen molar-refractivity contribution in [1.82, 2.24) is 0 Å². The molecule has 3 heteroatoms. The molecule has 4 fully saturated rings. The van der Waals surface area contributed by atoms with Crippen LogP contribution in [0.15, 0.2) is 0 Å². The Morgan fingerprint density at radius 1 is 1.55 bits per heavy atom. The Labute approximate surface area is 63.4 Å². The Balaban J connectivity index is 2.03. The fourth-order valence-electron chi connectivity index (χ4n) is 3.18. The summed E-state index contributed by atoms with van der Waals surface area (Å²) in [5, 5.41) is 8.77. The first-order valence-electron chi connectivity index (χ1n) is 3.98. The number of aliphatic carboxylic acids is 1. The number of hydrogen-bond acceptors (Lipinski definition) is 2. The van der Waals surface area contributed by atoms with E-state index >= 15 is 0 Å². The SMILES string of the molecule is O=C(O)[C@@H]1[C@H]2[C@@H]3C[C@@H]1C(=O)[C@H]32. The summed E-state index contributed by atoms with van der Waals surface area (Å²) in [5.41, 5.74) is 0. The molecule has 0 radical (unpaired) electrons. The summed E-state index contributed by atoms with van der Waals surface area (Å²) in [7, 11) is 0. The first kappa shape index (κ1) is 5.75. The van der Waals surface area contributed by atoms with Crippen LogP contribution in [0.25, 0.3) is 0 Å². The minimum Gasteiger partial charge on any atom is -0.481 e. The van der Waals surface area contributed by atoms with Crippen LogP contribution in [0.5, 0.6) is 0 Å². The summed E-state index contributed by atoms with van der Waals surface area (Å²) >= 11 is 0. The third kappa shape index (κ3) is 0.424. The molecule has 0 saturated heterocycles. The predicted molar refractivity (Wildman–Crippen MR) is 34.7 cm³/mol. The van der Waals surface area contributed by atoms with Gasteiger partial charge in [-0.3, -0.25) is 9.59 Å². The first-order chi connectivity index (χ1) is 5.22. The van der Waals surface area contributed by atoms with E-state index in [-0.39, 0.29) is 29.5 Å².